The van der Waals surface area contributed by atoms with E-state index < -0.39 is 0 Å². The Hall–Kier alpha value is -1.34. The third-order valence-corrected chi connectivity index (χ3v) is 4.37. The first kappa shape index (κ1) is 12.7. The number of nitrogens with one attached hydrogen (secondary N) is 1. The molecule has 0 radical (unpaired) electrons. The topological polar surface area (TPSA) is 80.5 Å². The van der Waals surface area contributed by atoms with Crippen LogP contribution in [0.3, 0.4) is 0 Å². The molecule has 2 heterocycles. The summed E-state index contributed by atoms with van der Waals surface area (Å²) in [7, 11) is 0. The maximum atomic E-state index is 12.5. The number of aromatic nitrogens is 1. The van der Waals surface area contributed by atoms with Gasteiger partial charge in [-0.05, 0) is 19.8 Å². The molecule has 1 saturated carbocycles. The molecule has 0 aromatic carbocycles. The molecule has 2 fully saturated rings. The molecule has 1 aliphatic carbocycles. The van der Waals surface area contributed by atoms with Crippen LogP contribution < -0.4 is 11.1 Å². The van der Waals surface area contributed by atoms with E-state index in [9.17, 15) is 4.79 Å². The van der Waals surface area contributed by atoms with Crippen molar-refractivity contribution in [3.05, 3.63) is 4.88 Å². The Morgan fingerprint density at radius 1 is 1.58 bits per heavy atom. The van der Waals surface area contributed by atoms with Gasteiger partial charge in [-0.25, -0.2) is 4.98 Å². The summed E-state index contributed by atoms with van der Waals surface area (Å²) in [5, 5.41) is 4.03. The zero-order valence-corrected chi connectivity index (χ0v) is 11.7. The van der Waals surface area contributed by atoms with Crippen LogP contribution in [0.1, 0.15) is 29.4 Å². The number of nitrogens with two attached hydrogens (primary N) is 1. The van der Waals surface area contributed by atoms with Crippen molar-refractivity contribution in [1.29, 1.82) is 0 Å². The predicted octanol–water partition coefficient (Wildman–Crippen LogP) is 1.16. The largest absolute Gasteiger partial charge is 0.382 e. The van der Waals surface area contributed by atoms with Gasteiger partial charge in [0, 0.05) is 12.6 Å². The van der Waals surface area contributed by atoms with E-state index in [-0.39, 0.29) is 11.9 Å². The van der Waals surface area contributed by atoms with Crippen LogP contribution >= 0.6 is 11.3 Å². The zero-order chi connectivity index (χ0) is 13.4. The monoisotopic (exact) mass is 282 g/mol. The number of amides is 1. The Morgan fingerprint density at radius 2 is 2.37 bits per heavy atom. The molecule has 3 rings (SSSR count). The van der Waals surface area contributed by atoms with E-state index in [1.807, 2.05) is 11.8 Å². The van der Waals surface area contributed by atoms with Gasteiger partial charge in [-0.3, -0.25) is 4.79 Å². The van der Waals surface area contributed by atoms with Crippen LogP contribution in [-0.2, 0) is 4.74 Å². The lowest BCUT2D eigenvalue weighted by molar-refractivity contribution is 0.00391. The lowest BCUT2D eigenvalue weighted by Crippen LogP contribution is -2.47. The van der Waals surface area contributed by atoms with Gasteiger partial charge in [0.25, 0.3) is 5.91 Å². The molecule has 1 aromatic rings. The van der Waals surface area contributed by atoms with Crippen molar-refractivity contribution >= 4 is 28.2 Å². The fraction of sp³-hybridized carbons (Fsp3) is 0.667. The lowest BCUT2D eigenvalue weighted by atomic mass is 10.2. The highest BCUT2D eigenvalue weighted by Gasteiger charge is 2.29. The summed E-state index contributed by atoms with van der Waals surface area (Å²) in [6.45, 7) is 3.76. The maximum Gasteiger partial charge on any atom is 0.268 e. The van der Waals surface area contributed by atoms with Crippen LogP contribution in [0.15, 0.2) is 0 Å². The average Bonchev–Trinajstić information content (AvgIpc) is 3.12. The molecule has 2 aliphatic rings. The number of carbonyl (C=O) groups is 1. The smallest absolute Gasteiger partial charge is 0.268 e. The first-order valence-electron chi connectivity index (χ1n) is 6.56. The highest BCUT2D eigenvalue weighted by atomic mass is 32.1. The summed E-state index contributed by atoms with van der Waals surface area (Å²) < 4.78 is 5.34. The van der Waals surface area contributed by atoms with Crippen molar-refractivity contribution in [2.45, 2.75) is 31.8 Å². The van der Waals surface area contributed by atoms with E-state index in [0.29, 0.717) is 36.5 Å². The van der Waals surface area contributed by atoms with Crippen molar-refractivity contribution < 1.29 is 9.53 Å². The number of anilines is 2. The van der Waals surface area contributed by atoms with E-state index in [4.69, 9.17) is 10.5 Å². The van der Waals surface area contributed by atoms with E-state index in [2.05, 4.69) is 10.3 Å². The second-order valence-corrected chi connectivity index (χ2v) is 6.07. The predicted molar refractivity (Wildman–Crippen MR) is 74.5 cm³/mol. The number of nitrogen functional groups attached to an aromatic ring is 1. The van der Waals surface area contributed by atoms with Crippen molar-refractivity contribution in [3.8, 4) is 0 Å². The Kier molecular flexibility index (Phi) is 3.32. The number of carbonyl (C=O) groups excluding carboxylic acids is 1. The summed E-state index contributed by atoms with van der Waals surface area (Å²) in [6, 6.07) is 0.596. The van der Waals surface area contributed by atoms with Crippen molar-refractivity contribution in [3.63, 3.8) is 0 Å². The van der Waals surface area contributed by atoms with E-state index in [1.165, 1.54) is 24.2 Å². The SMILES string of the molecule is CC1COCCN1C(=O)c1sc(NC2CC2)nc1N. The molecule has 19 heavy (non-hydrogen) atoms. The Balaban J connectivity index is 1.76. The van der Waals surface area contributed by atoms with Gasteiger partial charge in [0.15, 0.2) is 5.13 Å². The fourth-order valence-corrected chi connectivity index (χ4v) is 3.03. The van der Waals surface area contributed by atoms with Crippen molar-refractivity contribution in [2.24, 2.45) is 0 Å². The number of hydrogen-bond acceptors (Lipinski definition) is 6. The molecule has 1 atom stereocenters. The molecule has 3 N–H and O–H groups in total. The maximum absolute atomic E-state index is 12.5. The van der Waals surface area contributed by atoms with Crippen LogP contribution in [0.5, 0.6) is 0 Å². The normalized spacial score (nSPS) is 23.4. The summed E-state index contributed by atoms with van der Waals surface area (Å²) in [6.07, 6.45) is 2.34. The highest BCUT2D eigenvalue weighted by molar-refractivity contribution is 7.18. The average molecular weight is 282 g/mol. The molecule has 1 saturated heterocycles. The Morgan fingerprint density at radius 3 is 3.05 bits per heavy atom. The molecule has 104 valence electrons. The van der Waals surface area contributed by atoms with Gasteiger partial charge in [0.05, 0.1) is 19.3 Å². The van der Waals surface area contributed by atoms with Gasteiger partial charge in [-0.1, -0.05) is 11.3 Å². The zero-order valence-electron chi connectivity index (χ0n) is 10.9. The van der Waals surface area contributed by atoms with E-state index in [0.717, 1.165) is 5.13 Å². The van der Waals surface area contributed by atoms with E-state index >= 15 is 0 Å². The first-order valence-corrected chi connectivity index (χ1v) is 7.38. The van der Waals surface area contributed by atoms with Gasteiger partial charge in [0.2, 0.25) is 0 Å². The molecule has 1 amide bonds. The summed E-state index contributed by atoms with van der Waals surface area (Å²) in [5.74, 6) is 0.298. The lowest BCUT2D eigenvalue weighted by Gasteiger charge is -2.32. The molecule has 1 aromatic heterocycles. The highest BCUT2D eigenvalue weighted by Crippen LogP contribution is 2.31. The molecular weight excluding hydrogens is 264 g/mol. The van der Waals surface area contributed by atoms with Crippen LogP contribution in [0.25, 0.3) is 0 Å². The van der Waals surface area contributed by atoms with Crippen LogP contribution in [0.2, 0.25) is 0 Å². The van der Waals surface area contributed by atoms with Crippen LogP contribution in [0.4, 0.5) is 10.9 Å². The van der Waals surface area contributed by atoms with Crippen LogP contribution in [-0.4, -0.2) is 47.6 Å². The molecule has 0 bridgehead atoms. The molecule has 7 heteroatoms. The Labute approximate surface area is 115 Å². The number of morpholine rings is 1. The third kappa shape index (κ3) is 2.66. The molecule has 1 aliphatic heterocycles. The molecular formula is C12H18N4O2S. The molecule has 1 unspecified atom stereocenters. The number of thiazole rings is 1. The van der Waals surface area contributed by atoms with Crippen LogP contribution in [0, 0.1) is 0 Å². The minimum absolute atomic E-state index is 0.0327. The minimum atomic E-state index is -0.0327. The minimum Gasteiger partial charge on any atom is -0.382 e. The summed E-state index contributed by atoms with van der Waals surface area (Å²) in [5.41, 5.74) is 5.87. The van der Waals surface area contributed by atoms with Gasteiger partial charge >= 0.3 is 0 Å². The van der Waals surface area contributed by atoms with Gasteiger partial charge < -0.3 is 20.7 Å². The number of nitrogens with zero attached hydrogens (tertiary/aromatic N) is 2. The summed E-state index contributed by atoms with van der Waals surface area (Å²) in [4.78, 5) is 19.1. The second kappa shape index (κ2) is 4.97. The van der Waals surface area contributed by atoms with Gasteiger partial charge in [-0.2, -0.15) is 0 Å². The van der Waals surface area contributed by atoms with Crippen molar-refractivity contribution in [2.75, 3.05) is 30.8 Å². The third-order valence-electron chi connectivity index (χ3n) is 3.38. The quantitative estimate of drug-likeness (QED) is 0.869. The van der Waals surface area contributed by atoms with Gasteiger partial charge in [-0.15, -0.1) is 0 Å². The Bertz CT molecular complexity index is 486. The van der Waals surface area contributed by atoms with Crippen molar-refractivity contribution in [1.82, 2.24) is 9.88 Å². The molecule has 0 spiro atoms. The second-order valence-electron chi connectivity index (χ2n) is 5.07. The summed E-state index contributed by atoms with van der Waals surface area (Å²) >= 11 is 1.35. The van der Waals surface area contributed by atoms with E-state index in [1.54, 1.807) is 0 Å². The number of hydrogen-bond donors (Lipinski definition) is 2. The first-order chi connectivity index (χ1) is 9.15. The van der Waals surface area contributed by atoms with Gasteiger partial charge in [0.1, 0.15) is 10.7 Å². The fourth-order valence-electron chi connectivity index (χ4n) is 2.11. The molecule has 6 nitrogen and oxygen atoms in total. The number of rotatable bonds is 3. The number of ether oxygens (including phenoxy) is 1. The standard InChI is InChI=1S/C12H18N4O2S/c1-7-6-18-5-4-16(7)11(17)9-10(13)15-12(19-9)14-8-2-3-8/h7-8H,2-6,13H2,1H3,(H,14,15).